The molecule has 1 aliphatic rings. The molecule has 0 N–H and O–H groups in total. The normalized spacial score (nSPS) is 16.5. The molecule has 0 saturated carbocycles. The molecule has 10 nitrogen and oxygen atoms in total. The fraction of sp³-hybridized carbons (Fsp3) is 0.595. The number of imidazole rings is 1. The molecule has 4 aromatic rings. The minimum Gasteiger partial charge on any atom is -0.444 e. The minimum absolute atomic E-state index is 0.177. The number of benzene rings is 1. The van der Waals surface area contributed by atoms with E-state index in [-0.39, 0.29) is 6.04 Å². The summed E-state index contributed by atoms with van der Waals surface area (Å²) >= 11 is 0. The molecule has 0 radical (unpaired) electrons. The van der Waals surface area contributed by atoms with E-state index in [4.69, 9.17) is 28.6 Å². The maximum Gasteiger partial charge on any atom is 0.255 e. The fourth-order valence-electron chi connectivity index (χ4n) is 6.26. The average molecular weight is 710 g/mol. The number of fused-ring (bicyclic) bond motifs is 1. The molecule has 12 heteroatoms. The molecule has 2 atom stereocenters. The lowest BCUT2D eigenvalue weighted by molar-refractivity contribution is -0.187. The SMILES string of the molecule is CCN([C@@H](CCCCCC1(c2ncco2)OCCO1)c1ncc(-c2ccc3nc(C)ccc3c2)n1COCC[Si](C)(C)C)[S@](=O)C(C)(C)C. The Bertz CT molecular complexity index is 1670. The summed E-state index contributed by atoms with van der Waals surface area (Å²) in [4.78, 5) is 14.1. The monoisotopic (exact) mass is 709 g/mol. The van der Waals surface area contributed by atoms with E-state index < -0.39 is 29.6 Å². The smallest absolute Gasteiger partial charge is 0.255 e. The van der Waals surface area contributed by atoms with E-state index in [1.54, 1.807) is 12.5 Å². The van der Waals surface area contributed by atoms with E-state index in [2.05, 4.69) is 64.7 Å². The first-order valence-corrected chi connectivity index (χ1v) is 22.5. The van der Waals surface area contributed by atoms with Crippen molar-refractivity contribution in [1.82, 2.24) is 23.8 Å². The van der Waals surface area contributed by atoms with Gasteiger partial charge in [0.05, 0.1) is 47.6 Å². The van der Waals surface area contributed by atoms with Crippen molar-refractivity contribution in [1.29, 1.82) is 0 Å². The molecule has 0 aliphatic carbocycles. The van der Waals surface area contributed by atoms with Crippen molar-refractivity contribution in [2.75, 3.05) is 26.4 Å². The zero-order valence-electron chi connectivity index (χ0n) is 30.7. The van der Waals surface area contributed by atoms with E-state index in [0.29, 0.717) is 45.4 Å². The maximum absolute atomic E-state index is 14.1. The highest BCUT2D eigenvalue weighted by Gasteiger charge is 2.42. The van der Waals surface area contributed by atoms with Crippen molar-refractivity contribution in [2.24, 2.45) is 0 Å². The molecule has 1 saturated heterocycles. The topological polar surface area (TPSA) is 105 Å². The fourth-order valence-corrected chi connectivity index (χ4v) is 8.39. The van der Waals surface area contributed by atoms with Crippen LogP contribution in [0.5, 0.6) is 0 Å². The first kappa shape index (κ1) is 37.5. The Balaban J connectivity index is 1.44. The lowest BCUT2D eigenvalue weighted by Gasteiger charge is -2.34. The maximum atomic E-state index is 14.1. The summed E-state index contributed by atoms with van der Waals surface area (Å²) in [7, 11) is -2.53. The van der Waals surface area contributed by atoms with Gasteiger partial charge in [-0.1, -0.05) is 51.5 Å². The Hall–Kier alpha value is -2.74. The molecule has 5 rings (SSSR count). The number of ether oxygens (including phenoxy) is 3. The van der Waals surface area contributed by atoms with Gasteiger partial charge in [-0.3, -0.25) is 4.98 Å². The second-order valence-corrected chi connectivity index (χ2v) is 22.9. The number of oxazole rings is 1. The van der Waals surface area contributed by atoms with E-state index in [1.165, 1.54) is 0 Å². The molecule has 0 spiro atoms. The highest BCUT2D eigenvalue weighted by atomic mass is 32.2. The van der Waals surface area contributed by atoms with Crippen LogP contribution in [0.2, 0.25) is 25.7 Å². The number of hydrogen-bond acceptors (Lipinski definition) is 8. The van der Waals surface area contributed by atoms with Crippen LogP contribution in [-0.2, 0) is 37.7 Å². The highest BCUT2D eigenvalue weighted by molar-refractivity contribution is 7.84. The van der Waals surface area contributed by atoms with Crippen LogP contribution in [0.4, 0.5) is 0 Å². The van der Waals surface area contributed by atoms with E-state index in [1.807, 2.05) is 40.0 Å². The highest BCUT2D eigenvalue weighted by Crippen LogP contribution is 2.37. The van der Waals surface area contributed by atoms with Crippen molar-refractivity contribution >= 4 is 30.0 Å². The van der Waals surface area contributed by atoms with Crippen molar-refractivity contribution < 1.29 is 22.8 Å². The molecule has 1 aliphatic heterocycles. The van der Waals surface area contributed by atoms with Crippen LogP contribution in [0.25, 0.3) is 22.2 Å². The second kappa shape index (κ2) is 16.1. The van der Waals surface area contributed by atoms with Gasteiger partial charge >= 0.3 is 0 Å². The largest absolute Gasteiger partial charge is 0.444 e. The standard InChI is InChI=1S/C37H55N5O5SSi/c1-9-42(48(43)36(3,4)5)32(13-11-10-12-18-37(46-21-22-47-37)35-38-19-20-45-35)34-39-26-33(41(34)27-44-23-24-49(6,7)8)30-16-17-31-29(25-30)15-14-28(2)40-31/h14-17,19-20,25-26,32H,9-13,18,21-24,27H2,1-8H3/t32-,48+/m0/s1. The summed E-state index contributed by atoms with van der Waals surface area (Å²) in [6.07, 6.45) is 9.29. The number of unbranched alkanes of at least 4 members (excludes halogenated alkanes) is 2. The van der Waals surface area contributed by atoms with Gasteiger partial charge in [0.25, 0.3) is 5.89 Å². The van der Waals surface area contributed by atoms with Crippen LogP contribution in [0.15, 0.2) is 53.4 Å². The van der Waals surface area contributed by atoms with E-state index >= 15 is 0 Å². The number of nitrogens with zero attached hydrogens (tertiary/aromatic N) is 5. The number of hydrogen-bond donors (Lipinski definition) is 0. The summed E-state index contributed by atoms with van der Waals surface area (Å²) in [6.45, 7) is 20.0. The van der Waals surface area contributed by atoms with Crippen LogP contribution < -0.4 is 0 Å². The first-order valence-electron chi connectivity index (χ1n) is 17.7. The predicted molar refractivity (Wildman–Crippen MR) is 198 cm³/mol. The number of rotatable bonds is 17. The Morgan fingerprint density at radius 2 is 1.86 bits per heavy atom. The van der Waals surface area contributed by atoms with E-state index in [9.17, 15) is 4.21 Å². The third-order valence-electron chi connectivity index (χ3n) is 8.92. The zero-order valence-corrected chi connectivity index (χ0v) is 32.5. The Morgan fingerprint density at radius 1 is 1.08 bits per heavy atom. The van der Waals surface area contributed by atoms with Gasteiger partial charge in [-0.25, -0.2) is 18.5 Å². The Kier molecular flexibility index (Phi) is 12.3. The Morgan fingerprint density at radius 3 is 2.53 bits per heavy atom. The van der Waals surface area contributed by atoms with E-state index in [0.717, 1.165) is 65.4 Å². The lowest BCUT2D eigenvalue weighted by atomic mass is 10.0. The van der Waals surface area contributed by atoms with Crippen molar-refractivity contribution in [3.8, 4) is 11.3 Å². The molecular weight excluding hydrogens is 655 g/mol. The van der Waals surface area contributed by atoms with Crippen molar-refractivity contribution in [3.63, 3.8) is 0 Å². The van der Waals surface area contributed by atoms with Crippen LogP contribution in [0, 0.1) is 6.92 Å². The third-order valence-corrected chi connectivity index (χ3v) is 12.6. The van der Waals surface area contributed by atoms with Gasteiger partial charge in [0, 0.05) is 44.3 Å². The number of aryl methyl sites for hydroxylation is 1. The van der Waals surface area contributed by atoms with Gasteiger partial charge in [0.1, 0.15) is 29.8 Å². The molecule has 3 aromatic heterocycles. The van der Waals surface area contributed by atoms with Gasteiger partial charge < -0.3 is 23.2 Å². The molecular formula is C37H55N5O5SSi. The number of pyridine rings is 1. The molecule has 0 amide bonds. The molecule has 0 unspecified atom stereocenters. The van der Waals surface area contributed by atoms with Crippen LogP contribution in [0.3, 0.4) is 0 Å². The third kappa shape index (κ3) is 9.33. The number of aromatic nitrogens is 4. The summed E-state index contributed by atoms with van der Waals surface area (Å²) in [5, 5.41) is 1.08. The molecule has 1 aromatic carbocycles. The molecule has 4 heterocycles. The molecule has 268 valence electrons. The molecule has 49 heavy (non-hydrogen) atoms. The average Bonchev–Trinajstić information content (AvgIpc) is 3.83. The van der Waals surface area contributed by atoms with Gasteiger partial charge in [-0.05, 0) is 64.8 Å². The van der Waals surface area contributed by atoms with Crippen molar-refractivity contribution in [3.05, 3.63) is 66.4 Å². The molecule has 1 fully saturated rings. The van der Waals surface area contributed by atoms with Crippen LogP contribution >= 0.6 is 0 Å². The predicted octanol–water partition coefficient (Wildman–Crippen LogP) is 8.38. The van der Waals surface area contributed by atoms with Crippen LogP contribution in [0.1, 0.15) is 83.2 Å². The van der Waals surface area contributed by atoms with Crippen LogP contribution in [-0.4, -0.2) is 67.2 Å². The van der Waals surface area contributed by atoms with Gasteiger partial charge in [0.15, 0.2) is 0 Å². The van der Waals surface area contributed by atoms with Crippen molar-refractivity contribution in [2.45, 2.75) is 116 Å². The van der Waals surface area contributed by atoms with Gasteiger partial charge in [-0.15, -0.1) is 0 Å². The lowest BCUT2D eigenvalue weighted by Crippen LogP contribution is -2.41. The summed E-state index contributed by atoms with van der Waals surface area (Å²) < 4.78 is 42.0. The quantitative estimate of drug-likeness (QED) is 0.0796. The molecule has 0 bridgehead atoms. The first-order chi connectivity index (χ1) is 23.3. The second-order valence-electron chi connectivity index (χ2n) is 15.1. The summed E-state index contributed by atoms with van der Waals surface area (Å²) in [5.41, 5.74) is 4.00. The van der Waals surface area contributed by atoms with Gasteiger partial charge in [0.2, 0.25) is 5.79 Å². The minimum atomic E-state index is -1.28. The zero-order chi connectivity index (χ0) is 35.2. The summed E-state index contributed by atoms with van der Waals surface area (Å²) in [5.74, 6) is 0.436. The van der Waals surface area contributed by atoms with Gasteiger partial charge in [-0.2, -0.15) is 0 Å². The summed E-state index contributed by atoms with van der Waals surface area (Å²) in [6, 6.07) is 11.4. The Labute approximate surface area is 295 Å².